The van der Waals surface area contributed by atoms with Gasteiger partial charge < -0.3 is 4.57 Å². The number of hydrogen-bond acceptors (Lipinski definition) is 2. The molecule has 12 rings (SSSR count). The maximum absolute atomic E-state index is 5.21. The van der Waals surface area contributed by atoms with Crippen LogP contribution in [0.1, 0.15) is 0 Å². The van der Waals surface area contributed by atoms with Crippen molar-refractivity contribution in [2.24, 2.45) is 0 Å². The lowest BCUT2D eigenvalue weighted by Gasteiger charge is -2.21. The van der Waals surface area contributed by atoms with Crippen molar-refractivity contribution in [1.29, 1.82) is 0 Å². The Morgan fingerprint density at radius 1 is 0.362 bits per heavy atom. The molecule has 6 nitrogen and oxygen atoms in total. The number of pyridine rings is 2. The van der Waals surface area contributed by atoms with Gasteiger partial charge in [0, 0.05) is 44.6 Å². The third-order valence-electron chi connectivity index (χ3n) is 11.4. The average molecular weight is 743 g/mol. The van der Waals surface area contributed by atoms with E-state index >= 15 is 0 Å². The summed E-state index contributed by atoms with van der Waals surface area (Å²) in [6.07, 6.45) is 2.07. The van der Waals surface area contributed by atoms with Crippen LogP contribution in [0.2, 0.25) is 0 Å². The molecule has 0 N–H and O–H groups in total. The molecule has 272 valence electrons. The molecule has 0 spiro atoms. The summed E-state index contributed by atoms with van der Waals surface area (Å²) in [5, 5.41) is 10.0. The molecule has 0 saturated heterocycles. The Bertz CT molecular complexity index is 3440. The van der Waals surface area contributed by atoms with Crippen molar-refractivity contribution < 1.29 is 0 Å². The Kier molecular flexibility index (Phi) is 7.13. The zero-order valence-electron chi connectivity index (χ0n) is 31.3. The van der Waals surface area contributed by atoms with Crippen LogP contribution in [-0.2, 0) is 0 Å². The summed E-state index contributed by atoms with van der Waals surface area (Å²) in [5.74, 6) is 0. The number of aromatic nitrogens is 6. The molecule has 12 aromatic rings. The van der Waals surface area contributed by atoms with Crippen LogP contribution in [0.25, 0.3) is 99.7 Å². The van der Waals surface area contributed by atoms with E-state index in [1.165, 1.54) is 43.7 Å². The number of benzene rings is 7. The summed E-state index contributed by atoms with van der Waals surface area (Å²) >= 11 is 0. The van der Waals surface area contributed by atoms with E-state index < -0.39 is 0 Å². The molecule has 0 fully saturated rings. The molecule has 0 unspecified atom stereocenters. The van der Waals surface area contributed by atoms with Gasteiger partial charge in [0.1, 0.15) is 0 Å². The Labute approximate surface area is 333 Å². The first-order chi connectivity index (χ1) is 28.8. The van der Waals surface area contributed by atoms with Crippen LogP contribution in [0.15, 0.2) is 206 Å². The Balaban J connectivity index is 0.990. The van der Waals surface area contributed by atoms with E-state index in [1.807, 2.05) is 11.0 Å². The first-order valence-electron chi connectivity index (χ1n) is 19.6. The van der Waals surface area contributed by atoms with Crippen molar-refractivity contribution in [2.45, 2.75) is 0 Å². The highest BCUT2D eigenvalue weighted by atomic mass is 15.8. The fourth-order valence-electron chi connectivity index (χ4n) is 8.72. The van der Waals surface area contributed by atoms with E-state index in [0.29, 0.717) is 0 Å². The highest BCUT2D eigenvalue weighted by Gasteiger charge is 2.21. The van der Waals surface area contributed by atoms with Gasteiger partial charge in [0.25, 0.3) is 0 Å². The molecule has 5 aromatic heterocycles. The summed E-state index contributed by atoms with van der Waals surface area (Å²) < 4.78 is 6.69. The summed E-state index contributed by atoms with van der Waals surface area (Å²) in [5.41, 5.74) is 15.0. The van der Waals surface area contributed by atoms with E-state index in [1.54, 1.807) is 0 Å². The molecule has 7 aromatic carbocycles. The van der Waals surface area contributed by atoms with Gasteiger partial charge in [-0.2, -0.15) is 0 Å². The van der Waals surface area contributed by atoms with Gasteiger partial charge in [-0.25, -0.2) is 14.2 Å². The van der Waals surface area contributed by atoms with Crippen LogP contribution in [0, 0.1) is 0 Å². The van der Waals surface area contributed by atoms with Crippen molar-refractivity contribution in [2.75, 3.05) is 0 Å². The number of rotatable bonds is 6. The molecule has 0 radical (unpaired) electrons. The second-order valence-electron chi connectivity index (χ2n) is 14.8. The fourth-order valence-corrected chi connectivity index (χ4v) is 8.72. The van der Waals surface area contributed by atoms with Crippen LogP contribution in [0.4, 0.5) is 0 Å². The molecule has 0 atom stereocenters. The van der Waals surface area contributed by atoms with E-state index in [-0.39, 0.29) is 0 Å². The lowest BCUT2D eigenvalue weighted by atomic mass is 10.0. The normalized spacial score (nSPS) is 11.8. The number of fused-ring (bicyclic) bond motifs is 7. The second-order valence-corrected chi connectivity index (χ2v) is 14.8. The molecular weight excluding hydrogens is 709 g/mol. The largest absolute Gasteiger partial charge is 0.309 e. The Morgan fingerprint density at radius 2 is 0.914 bits per heavy atom. The molecule has 6 heteroatoms. The van der Waals surface area contributed by atoms with Gasteiger partial charge in [0.15, 0.2) is 5.65 Å². The van der Waals surface area contributed by atoms with Gasteiger partial charge in [-0.3, -0.25) is 0 Å². The van der Waals surface area contributed by atoms with Crippen molar-refractivity contribution >= 4 is 49.3 Å². The van der Waals surface area contributed by atoms with Crippen LogP contribution in [0.5, 0.6) is 0 Å². The lowest BCUT2D eigenvalue weighted by molar-refractivity contribution is 0.434. The standard InChI is InChI=1S/C52H34N6/c1-4-15-35(16-5-1)39-33-46(36-17-6-2-7-18-36)53-47(34-39)43-23-14-30-55-52(43)54-58(55)57-50-25-13-11-22-42(50)45-32-38(27-29-51(45)57)37-26-28-49-44(31-37)41-21-10-12-24-48(41)56(49)40-19-8-3-9-20-40/h1-34H. The van der Waals surface area contributed by atoms with E-state index in [9.17, 15) is 0 Å². The third-order valence-corrected chi connectivity index (χ3v) is 11.4. The minimum atomic E-state index is 0.852. The monoisotopic (exact) mass is 742 g/mol. The van der Waals surface area contributed by atoms with E-state index in [4.69, 9.17) is 10.1 Å². The second kappa shape index (κ2) is 12.8. The molecule has 0 aliphatic carbocycles. The summed E-state index contributed by atoms with van der Waals surface area (Å²) in [4.78, 5) is 7.18. The summed E-state index contributed by atoms with van der Waals surface area (Å²) in [7, 11) is 0. The maximum atomic E-state index is 5.21. The van der Waals surface area contributed by atoms with Gasteiger partial charge in [-0.05, 0) is 95.1 Å². The van der Waals surface area contributed by atoms with Crippen LogP contribution >= 0.6 is 0 Å². The average Bonchev–Trinajstić information content (AvgIpc) is 3.79. The predicted octanol–water partition coefficient (Wildman–Crippen LogP) is 12.7. The summed E-state index contributed by atoms with van der Waals surface area (Å²) in [6, 6.07) is 71.0. The SMILES string of the molecule is c1ccc(-c2cc(-c3ccccc3)nc(-c3cccn4c3nn4-n3c4ccccc4c4cc(-c5ccc6c(c5)c5ccccc5n6-c5ccccc5)ccc43)c2)cc1. The lowest BCUT2D eigenvalue weighted by Crippen LogP contribution is -2.27. The molecule has 58 heavy (non-hydrogen) atoms. The molecule has 0 aliphatic rings. The van der Waals surface area contributed by atoms with Gasteiger partial charge in [0.2, 0.25) is 0 Å². The minimum Gasteiger partial charge on any atom is -0.309 e. The Morgan fingerprint density at radius 3 is 1.66 bits per heavy atom. The topological polar surface area (TPSA) is 45.0 Å². The third kappa shape index (κ3) is 4.98. The minimum absolute atomic E-state index is 0.852. The van der Waals surface area contributed by atoms with Crippen molar-refractivity contribution in [3.63, 3.8) is 0 Å². The maximum Gasteiger partial charge on any atom is 0.188 e. The van der Waals surface area contributed by atoms with Crippen LogP contribution in [0.3, 0.4) is 0 Å². The zero-order chi connectivity index (χ0) is 38.2. The van der Waals surface area contributed by atoms with Crippen molar-refractivity contribution in [3.8, 4) is 50.5 Å². The first kappa shape index (κ1) is 32.3. The quantitative estimate of drug-likeness (QED) is 0.170. The van der Waals surface area contributed by atoms with Crippen LogP contribution < -0.4 is 0 Å². The zero-order valence-corrected chi connectivity index (χ0v) is 31.3. The van der Waals surface area contributed by atoms with E-state index in [0.717, 1.165) is 56.0 Å². The number of nitrogens with zero attached hydrogens (tertiary/aromatic N) is 6. The highest BCUT2D eigenvalue weighted by Crippen LogP contribution is 2.38. The molecular formula is C52H34N6. The molecule has 0 amide bonds. The molecule has 5 heterocycles. The Hall–Kier alpha value is -7.96. The first-order valence-corrected chi connectivity index (χ1v) is 19.6. The molecule has 0 aliphatic heterocycles. The van der Waals surface area contributed by atoms with Crippen molar-refractivity contribution in [1.82, 2.24) is 28.7 Å². The van der Waals surface area contributed by atoms with Gasteiger partial charge in [-0.15, -0.1) is 5.10 Å². The van der Waals surface area contributed by atoms with Crippen LogP contribution in [-0.4, -0.2) is 28.7 Å². The van der Waals surface area contributed by atoms with Gasteiger partial charge >= 0.3 is 0 Å². The smallest absolute Gasteiger partial charge is 0.188 e. The predicted molar refractivity (Wildman–Crippen MR) is 237 cm³/mol. The molecule has 0 saturated carbocycles. The number of hydrogen-bond donors (Lipinski definition) is 0. The summed E-state index contributed by atoms with van der Waals surface area (Å²) in [6.45, 7) is 0. The highest BCUT2D eigenvalue weighted by molar-refractivity contribution is 6.12. The molecule has 0 bridgehead atoms. The van der Waals surface area contributed by atoms with Gasteiger partial charge in [0.05, 0.1) is 33.5 Å². The number of para-hydroxylation sites is 3. The fraction of sp³-hybridized carbons (Fsp3) is 0. The van der Waals surface area contributed by atoms with E-state index in [2.05, 4.69) is 214 Å². The van der Waals surface area contributed by atoms with Gasteiger partial charge in [-0.1, -0.05) is 132 Å². The van der Waals surface area contributed by atoms with Crippen molar-refractivity contribution in [3.05, 3.63) is 206 Å².